The van der Waals surface area contributed by atoms with E-state index in [1.165, 1.54) is 6.07 Å². The Kier molecular flexibility index (Phi) is 4.61. The molecule has 1 saturated carbocycles. The van der Waals surface area contributed by atoms with Crippen LogP contribution in [0.15, 0.2) is 66.7 Å². The number of halogens is 3. The van der Waals surface area contributed by atoms with Gasteiger partial charge in [0.25, 0.3) is 0 Å². The maximum atomic E-state index is 13.0. The van der Waals surface area contributed by atoms with E-state index in [0.717, 1.165) is 29.0 Å². The lowest BCUT2D eigenvalue weighted by Crippen LogP contribution is -2.46. The highest BCUT2D eigenvalue weighted by Crippen LogP contribution is 2.36. The summed E-state index contributed by atoms with van der Waals surface area (Å²) in [7, 11) is 0. The fourth-order valence-electron chi connectivity index (χ4n) is 3.69. The monoisotopic (exact) mass is 410 g/mol. The first-order valence-electron chi connectivity index (χ1n) is 9.00. The minimum atomic E-state index is -4.70. The molecule has 4 rings (SSSR count). The van der Waals surface area contributed by atoms with Gasteiger partial charge < -0.3 is 0 Å². The molecule has 30 heavy (non-hydrogen) atoms. The van der Waals surface area contributed by atoms with E-state index in [1.807, 2.05) is 12.1 Å². The Morgan fingerprint density at radius 1 is 0.567 bits per heavy atom. The molecule has 150 valence electrons. The summed E-state index contributed by atoms with van der Waals surface area (Å²) >= 11 is 0. The Morgan fingerprint density at radius 3 is 1.67 bits per heavy atom. The molecule has 0 N–H and O–H groups in total. The van der Waals surface area contributed by atoms with Crippen LogP contribution in [-0.4, -0.2) is 23.1 Å². The summed E-state index contributed by atoms with van der Waals surface area (Å²) in [6, 6.07) is 15.4. The van der Waals surface area contributed by atoms with Crippen LogP contribution in [0.25, 0.3) is 10.8 Å². The molecule has 1 aliphatic rings. The van der Waals surface area contributed by atoms with Gasteiger partial charge in [0.1, 0.15) is 11.8 Å². The normalized spacial score (nSPS) is 20.1. The predicted molar refractivity (Wildman–Crippen MR) is 101 cm³/mol. The minimum absolute atomic E-state index is 0.202. The van der Waals surface area contributed by atoms with Gasteiger partial charge in [-0.05, 0) is 34.0 Å². The number of benzene rings is 3. The molecule has 3 aromatic carbocycles. The summed E-state index contributed by atoms with van der Waals surface area (Å²) in [6.45, 7) is 0. The maximum absolute atomic E-state index is 13.0. The molecule has 0 spiro atoms. The Labute approximate surface area is 168 Å². The average Bonchev–Trinajstić information content (AvgIpc) is 2.72. The minimum Gasteiger partial charge on any atom is -0.290 e. The third-order valence-corrected chi connectivity index (χ3v) is 5.19. The standard InChI is InChI=1S/C23H13F3O4/c24-23(25,26)16-7-3-6-14(11-16)17-19(27)21(29)18(22(30)20(17)28)15-9-8-12-4-1-2-5-13(12)10-15/h1-11,17-18H. The highest BCUT2D eigenvalue weighted by atomic mass is 19.4. The van der Waals surface area contributed by atoms with Crippen molar-refractivity contribution in [2.45, 2.75) is 18.0 Å². The second kappa shape index (κ2) is 7.02. The molecule has 4 nitrogen and oxygen atoms in total. The lowest BCUT2D eigenvalue weighted by molar-refractivity contribution is -0.151. The van der Waals surface area contributed by atoms with E-state index in [-0.39, 0.29) is 11.1 Å². The Bertz CT molecular complexity index is 1200. The lowest BCUT2D eigenvalue weighted by atomic mass is 9.72. The molecule has 0 aromatic heterocycles. The average molecular weight is 410 g/mol. The van der Waals surface area contributed by atoms with Gasteiger partial charge in [-0.25, -0.2) is 0 Å². The number of hydrogen-bond donors (Lipinski definition) is 0. The lowest BCUT2D eigenvalue weighted by Gasteiger charge is -2.25. The van der Waals surface area contributed by atoms with Crippen molar-refractivity contribution in [3.05, 3.63) is 83.4 Å². The van der Waals surface area contributed by atoms with Crippen molar-refractivity contribution in [3.63, 3.8) is 0 Å². The van der Waals surface area contributed by atoms with Gasteiger partial charge in [0, 0.05) is 0 Å². The van der Waals surface area contributed by atoms with Gasteiger partial charge in [0.15, 0.2) is 0 Å². The highest BCUT2D eigenvalue weighted by Gasteiger charge is 2.50. The zero-order valence-electron chi connectivity index (χ0n) is 15.3. The third kappa shape index (κ3) is 3.22. The third-order valence-electron chi connectivity index (χ3n) is 5.19. The number of Topliss-reactive ketones (excluding diaryl/α,β-unsaturated/α-hetero) is 4. The van der Waals surface area contributed by atoms with Crippen LogP contribution in [0.2, 0.25) is 0 Å². The van der Waals surface area contributed by atoms with E-state index in [2.05, 4.69) is 0 Å². The summed E-state index contributed by atoms with van der Waals surface area (Å²) in [5.74, 6) is -8.01. The van der Waals surface area contributed by atoms with Gasteiger partial charge in [0.2, 0.25) is 23.1 Å². The largest absolute Gasteiger partial charge is 0.416 e. The molecule has 0 saturated heterocycles. The van der Waals surface area contributed by atoms with Crippen molar-refractivity contribution in [2.24, 2.45) is 0 Å². The second-order valence-corrected chi connectivity index (χ2v) is 7.05. The molecule has 7 heteroatoms. The van der Waals surface area contributed by atoms with Crippen molar-refractivity contribution >= 4 is 33.9 Å². The molecule has 0 aliphatic heterocycles. The van der Waals surface area contributed by atoms with E-state index >= 15 is 0 Å². The van der Waals surface area contributed by atoms with Gasteiger partial charge in [0.05, 0.1) is 5.56 Å². The van der Waals surface area contributed by atoms with Gasteiger partial charge in [-0.3, -0.25) is 19.2 Å². The quantitative estimate of drug-likeness (QED) is 0.473. The van der Waals surface area contributed by atoms with Crippen LogP contribution < -0.4 is 0 Å². The summed E-state index contributed by atoms with van der Waals surface area (Å²) in [4.78, 5) is 50.8. The second-order valence-electron chi connectivity index (χ2n) is 7.05. The SMILES string of the molecule is O=C1C(=O)C(c2ccc3ccccc3c2)C(=O)C(=O)C1c1cccc(C(F)(F)F)c1. The number of fused-ring (bicyclic) bond motifs is 1. The summed E-state index contributed by atoms with van der Waals surface area (Å²) in [5, 5.41) is 1.56. The number of carbonyl (C=O) groups excluding carboxylic acids is 4. The van der Waals surface area contributed by atoms with Crippen LogP contribution in [-0.2, 0) is 25.4 Å². The molecule has 1 aliphatic carbocycles. The Balaban J connectivity index is 1.74. The maximum Gasteiger partial charge on any atom is 0.416 e. The molecule has 3 aromatic rings. The Hall–Kier alpha value is -3.61. The molecule has 0 heterocycles. The molecular formula is C23H13F3O4. The first kappa shape index (κ1) is 19.7. The molecular weight excluding hydrogens is 397 g/mol. The predicted octanol–water partition coefficient (Wildman–Crippen LogP) is 4.02. The molecule has 0 atom stereocenters. The number of carbonyl (C=O) groups is 4. The van der Waals surface area contributed by atoms with Crippen LogP contribution in [0.1, 0.15) is 28.5 Å². The topological polar surface area (TPSA) is 68.3 Å². The van der Waals surface area contributed by atoms with E-state index in [4.69, 9.17) is 0 Å². The van der Waals surface area contributed by atoms with Gasteiger partial charge in [-0.2, -0.15) is 13.2 Å². The van der Waals surface area contributed by atoms with Crippen LogP contribution >= 0.6 is 0 Å². The van der Waals surface area contributed by atoms with Crippen LogP contribution in [0, 0.1) is 0 Å². The van der Waals surface area contributed by atoms with Crippen LogP contribution in [0.5, 0.6) is 0 Å². The van der Waals surface area contributed by atoms with Crippen LogP contribution in [0.3, 0.4) is 0 Å². The molecule has 0 amide bonds. The Morgan fingerprint density at radius 2 is 1.10 bits per heavy atom. The fraction of sp³-hybridized carbons (Fsp3) is 0.130. The summed E-state index contributed by atoms with van der Waals surface area (Å²) < 4.78 is 39.0. The van der Waals surface area contributed by atoms with E-state index in [1.54, 1.807) is 24.3 Å². The first-order chi connectivity index (χ1) is 14.2. The van der Waals surface area contributed by atoms with Gasteiger partial charge in [-0.1, -0.05) is 54.6 Å². The van der Waals surface area contributed by atoms with Crippen molar-refractivity contribution in [2.75, 3.05) is 0 Å². The zero-order chi connectivity index (χ0) is 21.6. The van der Waals surface area contributed by atoms with Gasteiger partial charge in [-0.15, -0.1) is 0 Å². The highest BCUT2D eigenvalue weighted by molar-refractivity contribution is 6.63. The molecule has 0 radical (unpaired) electrons. The number of ketones is 4. The van der Waals surface area contributed by atoms with E-state index in [9.17, 15) is 32.3 Å². The van der Waals surface area contributed by atoms with Crippen molar-refractivity contribution in [3.8, 4) is 0 Å². The number of alkyl halides is 3. The van der Waals surface area contributed by atoms with Crippen LogP contribution in [0.4, 0.5) is 13.2 Å². The smallest absolute Gasteiger partial charge is 0.290 e. The number of hydrogen-bond acceptors (Lipinski definition) is 4. The summed E-state index contributed by atoms with van der Waals surface area (Å²) in [5.41, 5.74) is -1.19. The molecule has 0 unspecified atom stereocenters. The fourth-order valence-corrected chi connectivity index (χ4v) is 3.69. The van der Waals surface area contributed by atoms with E-state index < -0.39 is 46.7 Å². The van der Waals surface area contributed by atoms with E-state index in [0.29, 0.717) is 6.07 Å². The van der Waals surface area contributed by atoms with Crippen molar-refractivity contribution < 1.29 is 32.3 Å². The van der Waals surface area contributed by atoms with Crippen molar-refractivity contribution in [1.82, 2.24) is 0 Å². The van der Waals surface area contributed by atoms with Gasteiger partial charge >= 0.3 is 6.18 Å². The zero-order valence-corrected chi connectivity index (χ0v) is 15.3. The summed E-state index contributed by atoms with van der Waals surface area (Å²) in [6.07, 6.45) is -4.70. The van der Waals surface area contributed by atoms with Crippen molar-refractivity contribution in [1.29, 1.82) is 0 Å². The molecule has 1 fully saturated rings. The molecule has 0 bridgehead atoms. The first-order valence-corrected chi connectivity index (χ1v) is 9.00. The number of rotatable bonds is 2.